The number of nitrogens with zero attached hydrogens (tertiary/aromatic N) is 1. The molecule has 0 radical (unpaired) electrons. The molecule has 0 bridgehead atoms. The Morgan fingerprint density at radius 3 is 2.88 bits per heavy atom. The minimum Gasteiger partial charge on any atom is -0.383 e. The Kier molecular flexibility index (Phi) is 11.6. The highest BCUT2D eigenvalue weighted by Gasteiger charge is 2.24. The van der Waals surface area contributed by atoms with Crippen LogP contribution in [0.25, 0.3) is 0 Å². The van der Waals surface area contributed by atoms with Crippen LogP contribution in [-0.2, 0) is 16.1 Å². The molecule has 1 fully saturated rings. The minimum atomic E-state index is -0.651. The summed E-state index contributed by atoms with van der Waals surface area (Å²) in [7, 11) is 1.52. The van der Waals surface area contributed by atoms with Crippen molar-refractivity contribution < 1.29 is 13.9 Å². The van der Waals surface area contributed by atoms with Crippen molar-refractivity contribution in [2.75, 3.05) is 26.8 Å². The van der Waals surface area contributed by atoms with E-state index in [2.05, 4.69) is 10.2 Å². The number of amides is 1. The monoisotopic (exact) mass is 415 g/mol. The molecule has 1 aromatic rings. The molecule has 0 spiro atoms. The van der Waals surface area contributed by atoms with Crippen molar-refractivity contribution in [1.29, 1.82) is 0 Å². The summed E-state index contributed by atoms with van der Waals surface area (Å²) in [5.74, 6) is -0.534. The molecule has 1 aromatic carbocycles. The number of hydrogen-bond donors (Lipinski definition) is 2. The van der Waals surface area contributed by atoms with E-state index in [9.17, 15) is 9.18 Å². The molecule has 1 aliphatic heterocycles. The van der Waals surface area contributed by atoms with Crippen LogP contribution < -0.4 is 11.1 Å². The van der Waals surface area contributed by atoms with Gasteiger partial charge in [0.05, 0.1) is 6.61 Å². The molecule has 1 aliphatic rings. The molecule has 1 amide bonds. The zero-order chi connectivity index (χ0) is 16.8. The standard InChI is InChI=1S/C16H23ClFN3O2.2ClH/c1-23-10-15(19)16(22)20-13-3-2-6-21(9-13)8-11-4-5-12(18)7-14(11)17;;/h4-5,7,13,15H,2-3,6,8-10,19H2,1H3,(H,20,22);2*1H. The Morgan fingerprint density at radius 2 is 2.24 bits per heavy atom. The van der Waals surface area contributed by atoms with Crippen LogP contribution in [0.4, 0.5) is 4.39 Å². The van der Waals surface area contributed by atoms with Crippen LogP contribution in [0.5, 0.6) is 0 Å². The number of carbonyl (C=O) groups is 1. The predicted molar refractivity (Wildman–Crippen MR) is 102 cm³/mol. The Morgan fingerprint density at radius 1 is 1.52 bits per heavy atom. The summed E-state index contributed by atoms with van der Waals surface area (Å²) in [4.78, 5) is 14.2. The number of benzene rings is 1. The molecular formula is C16H25Cl3FN3O2. The number of carbonyl (C=O) groups excluding carboxylic acids is 1. The minimum absolute atomic E-state index is 0. The van der Waals surface area contributed by atoms with Crippen molar-refractivity contribution in [2.45, 2.75) is 31.5 Å². The highest BCUT2D eigenvalue weighted by atomic mass is 35.5. The summed E-state index contributed by atoms with van der Waals surface area (Å²) in [6.07, 6.45) is 1.89. The van der Waals surface area contributed by atoms with Gasteiger partial charge in [0.15, 0.2) is 0 Å². The highest BCUT2D eigenvalue weighted by molar-refractivity contribution is 6.31. The van der Waals surface area contributed by atoms with E-state index in [1.807, 2.05) is 0 Å². The lowest BCUT2D eigenvalue weighted by atomic mass is 10.0. The van der Waals surface area contributed by atoms with Crippen LogP contribution >= 0.6 is 36.4 Å². The smallest absolute Gasteiger partial charge is 0.239 e. The molecule has 1 heterocycles. The average Bonchev–Trinajstić information content (AvgIpc) is 2.51. The Labute approximate surface area is 165 Å². The van der Waals surface area contributed by atoms with Crippen molar-refractivity contribution in [2.24, 2.45) is 5.73 Å². The lowest BCUT2D eigenvalue weighted by Gasteiger charge is -2.33. The molecule has 0 saturated carbocycles. The number of hydrogen-bond acceptors (Lipinski definition) is 4. The van der Waals surface area contributed by atoms with Crippen molar-refractivity contribution in [3.05, 3.63) is 34.6 Å². The molecule has 2 atom stereocenters. The molecule has 3 N–H and O–H groups in total. The second kappa shape index (κ2) is 11.9. The van der Waals surface area contributed by atoms with E-state index < -0.39 is 6.04 Å². The number of nitrogens with one attached hydrogen (secondary N) is 1. The van der Waals surface area contributed by atoms with E-state index in [-0.39, 0.29) is 49.2 Å². The van der Waals surface area contributed by atoms with Crippen molar-refractivity contribution in [1.82, 2.24) is 10.2 Å². The normalized spacial score (nSPS) is 18.6. The molecule has 9 heteroatoms. The second-order valence-electron chi connectivity index (χ2n) is 5.88. The predicted octanol–water partition coefficient (Wildman–Crippen LogP) is 2.38. The topological polar surface area (TPSA) is 67.6 Å². The van der Waals surface area contributed by atoms with E-state index in [0.29, 0.717) is 11.6 Å². The van der Waals surface area contributed by atoms with E-state index in [1.54, 1.807) is 6.07 Å². The zero-order valence-corrected chi connectivity index (χ0v) is 16.4. The zero-order valence-electron chi connectivity index (χ0n) is 14.0. The molecule has 2 rings (SSSR count). The number of rotatable bonds is 6. The molecule has 2 unspecified atom stereocenters. The van der Waals surface area contributed by atoms with Crippen molar-refractivity contribution >= 4 is 42.3 Å². The Hall–Kier alpha value is -0.630. The van der Waals surface area contributed by atoms with Crippen LogP contribution in [0.1, 0.15) is 18.4 Å². The van der Waals surface area contributed by atoms with Crippen LogP contribution in [-0.4, -0.2) is 49.7 Å². The van der Waals surface area contributed by atoms with Gasteiger partial charge in [-0.05, 0) is 37.1 Å². The fourth-order valence-electron chi connectivity index (χ4n) is 2.77. The maximum atomic E-state index is 13.1. The summed E-state index contributed by atoms with van der Waals surface area (Å²) >= 11 is 6.08. The van der Waals surface area contributed by atoms with Gasteiger partial charge in [0.1, 0.15) is 11.9 Å². The molecule has 5 nitrogen and oxygen atoms in total. The van der Waals surface area contributed by atoms with Gasteiger partial charge in [-0.3, -0.25) is 9.69 Å². The van der Waals surface area contributed by atoms with E-state index in [1.165, 1.54) is 19.2 Å². The van der Waals surface area contributed by atoms with E-state index >= 15 is 0 Å². The number of piperidine rings is 1. The maximum Gasteiger partial charge on any atom is 0.239 e. The molecular weight excluding hydrogens is 392 g/mol. The molecule has 25 heavy (non-hydrogen) atoms. The van der Waals surface area contributed by atoms with Gasteiger partial charge in [0.2, 0.25) is 5.91 Å². The van der Waals surface area contributed by atoms with Gasteiger partial charge in [-0.1, -0.05) is 17.7 Å². The Bertz CT molecular complexity index is 551. The van der Waals surface area contributed by atoms with Gasteiger partial charge >= 0.3 is 0 Å². The van der Waals surface area contributed by atoms with Gasteiger partial charge in [-0.2, -0.15) is 0 Å². The fourth-order valence-corrected chi connectivity index (χ4v) is 3.00. The highest BCUT2D eigenvalue weighted by Crippen LogP contribution is 2.21. The van der Waals surface area contributed by atoms with Crippen molar-refractivity contribution in [3.63, 3.8) is 0 Å². The van der Waals surface area contributed by atoms with Gasteiger partial charge in [0, 0.05) is 31.3 Å². The molecule has 0 aliphatic carbocycles. The SMILES string of the molecule is COCC(N)C(=O)NC1CCCN(Cc2ccc(F)cc2Cl)C1.Cl.Cl. The van der Waals surface area contributed by atoms with Gasteiger partial charge in [-0.15, -0.1) is 24.8 Å². The van der Waals surface area contributed by atoms with E-state index in [0.717, 1.165) is 31.5 Å². The van der Waals surface area contributed by atoms with Gasteiger partial charge in [0.25, 0.3) is 0 Å². The first-order valence-corrected chi connectivity index (χ1v) is 8.08. The third kappa shape index (κ3) is 7.64. The summed E-state index contributed by atoms with van der Waals surface area (Å²) in [6, 6.07) is 3.84. The third-order valence-corrected chi connectivity index (χ3v) is 4.30. The van der Waals surface area contributed by atoms with Crippen molar-refractivity contribution in [3.8, 4) is 0 Å². The Balaban J connectivity index is 0.00000288. The molecule has 144 valence electrons. The van der Waals surface area contributed by atoms with Crippen LogP contribution in [0.15, 0.2) is 18.2 Å². The lowest BCUT2D eigenvalue weighted by molar-refractivity contribution is -0.124. The first-order valence-electron chi connectivity index (χ1n) is 7.70. The maximum absolute atomic E-state index is 13.1. The number of methoxy groups -OCH3 is 1. The fraction of sp³-hybridized carbons (Fsp3) is 0.562. The second-order valence-corrected chi connectivity index (χ2v) is 6.29. The molecule has 0 aromatic heterocycles. The van der Waals surface area contributed by atoms with Crippen LogP contribution in [0.3, 0.4) is 0 Å². The number of halogens is 4. The third-order valence-electron chi connectivity index (χ3n) is 3.94. The van der Waals surface area contributed by atoms with Gasteiger partial charge < -0.3 is 15.8 Å². The summed E-state index contributed by atoms with van der Waals surface area (Å²) in [5.41, 5.74) is 6.62. The first-order chi connectivity index (χ1) is 11.0. The quantitative estimate of drug-likeness (QED) is 0.747. The van der Waals surface area contributed by atoms with Crippen LogP contribution in [0.2, 0.25) is 5.02 Å². The first kappa shape index (κ1) is 24.4. The summed E-state index contributed by atoms with van der Waals surface area (Å²) in [5, 5.41) is 3.39. The summed E-state index contributed by atoms with van der Waals surface area (Å²) < 4.78 is 18.0. The largest absolute Gasteiger partial charge is 0.383 e. The number of nitrogens with two attached hydrogens (primary N) is 1. The number of ether oxygens (including phenoxy) is 1. The molecule has 1 saturated heterocycles. The number of likely N-dealkylation sites (tertiary alicyclic amines) is 1. The summed E-state index contributed by atoms with van der Waals surface area (Å²) in [6.45, 7) is 2.48. The van der Waals surface area contributed by atoms with Gasteiger partial charge in [-0.25, -0.2) is 4.39 Å². The lowest BCUT2D eigenvalue weighted by Crippen LogP contribution is -2.52. The van der Waals surface area contributed by atoms with Crippen LogP contribution in [0, 0.1) is 5.82 Å². The average molecular weight is 417 g/mol. The van der Waals surface area contributed by atoms with E-state index in [4.69, 9.17) is 22.1 Å².